The highest BCUT2D eigenvalue weighted by Gasteiger charge is 2.30. The van der Waals surface area contributed by atoms with Crippen molar-refractivity contribution in [1.29, 1.82) is 0 Å². The van der Waals surface area contributed by atoms with Crippen molar-refractivity contribution in [1.82, 2.24) is 10.2 Å². The summed E-state index contributed by atoms with van der Waals surface area (Å²) in [7, 11) is 0. The fourth-order valence-corrected chi connectivity index (χ4v) is 4.12. The van der Waals surface area contributed by atoms with E-state index >= 15 is 0 Å². The van der Waals surface area contributed by atoms with Gasteiger partial charge in [-0.15, -0.1) is 0 Å². The number of hydrogen-bond acceptors (Lipinski definition) is 3. The van der Waals surface area contributed by atoms with Crippen LogP contribution in [0, 0.1) is 13.8 Å². The average Bonchev–Trinajstić information content (AvgIpc) is 3.27. The molecule has 1 saturated carbocycles. The molecule has 1 atom stereocenters. The van der Waals surface area contributed by atoms with Crippen LogP contribution in [-0.4, -0.2) is 35.4 Å². The van der Waals surface area contributed by atoms with E-state index < -0.39 is 6.04 Å². The number of carbonyl (C=O) groups excluding carboxylic acids is 2. The smallest absolute Gasteiger partial charge is 0.261 e. The van der Waals surface area contributed by atoms with Crippen LogP contribution < -0.4 is 10.1 Å². The molecule has 0 saturated heterocycles. The Morgan fingerprint density at radius 2 is 1.74 bits per heavy atom. The molecular weight excluding hydrogens is 388 g/mol. The van der Waals surface area contributed by atoms with Gasteiger partial charge in [0, 0.05) is 12.6 Å². The van der Waals surface area contributed by atoms with Crippen LogP contribution in [0.5, 0.6) is 5.75 Å². The molecule has 1 fully saturated rings. The number of nitrogens with zero attached hydrogens (tertiary/aromatic N) is 1. The van der Waals surface area contributed by atoms with E-state index in [1.165, 1.54) is 0 Å². The summed E-state index contributed by atoms with van der Waals surface area (Å²) in [4.78, 5) is 28.0. The molecule has 31 heavy (non-hydrogen) atoms. The standard InChI is InChI=1S/C26H34N2O3/c1-4-23(26(30)27-22-10-6-7-11-22)28(17-21-15-13-19(2)14-16-21)25(29)18-31-24-12-8-5-9-20(24)3/h5,8-9,12-16,22-23H,4,6-7,10-11,17-18H2,1-3H3,(H,27,30)/t23-/m1/s1. The third-order valence-electron chi connectivity index (χ3n) is 6.01. The summed E-state index contributed by atoms with van der Waals surface area (Å²) in [6, 6.07) is 15.4. The molecule has 2 aromatic rings. The Hall–Kier alpha value is -2.82. The van der Waals surface area contributed by atoms with E-state index in [9.17, 15) is 9.59 Å². The van der Waals surface area contributed by atoms with Crippen LogP contribution in [0.3, 0.4) is 0 Å². The Bertz CT molecular complexity index is 872. The Kier molecular flexibility index (Phi) is 8.10. The van der Waals surface area contributed by atoms with Gasteiger partial charge in [0.25, 0.3) is 5.91 Å². The largest absolute Gasteiger partial charge is 0.484 e. The summed E-state index contributed by atoms with van der Waals surface area (Å²) in [6.45, 7) is 6.23. The maximum atomic E-state index is 13.3. The lowest BCUT2D eigenvalue weighted by Crippen LogP contribution is -2.52. The fraction of sp³-hybridized carbons (Fsp3) is 0.462. The second-order valence-electron chi connectivity index (χ2n) is 8.48. The molecule has 5 nitrogen and oxygen atoms in total. The summed E-state index contributed by atoms with van der Waals surface area (Å²) in [5.74, 6) is 0.442. The van der Waals surface area contributed by atoms with E-state index in [1.54, 1.807) is 4.90 Å². The lowest BCUT2D eigenvalue weighted by atomic mass is 10.1. The van der Waals surface area contributed by atoms with Crippen LogP contribution in [-0.2, 0) is 16.1 Å². The number of rotatable bonds is 9. The average molecular weight is 423 g/mol. The molecule has 0 spiro atoms. The molecule has 1 aliphatic carbocycles. The minimum Gasteiger partial charge on any atom is -0.484 e. The van der Waals surface area contributed by atoms with Crippen LogP contribution >= 0.6 is 0 Å². The van der Waals surface area contributed by atoms with Gasteiger partial charge in [-0.2, -0.15) is 0 Å². The van der Waals surface area contributed by atoms with Gasteiger partial charge in [0.05, 0.1) is 0 Å². The molecular formula is C26H34N2O3. The van der Waals surface area contributed by atoms with Crippen molar-refractivity contribution in [3.63, 3.8) is 0 Å². The van der Waals surface area contributed by atoms with Crippen LogP contribution in [0.1, 0.15) is 55.7 Å². The predicted octanol–water partition coefficient (Wildman–Crippen LogP) is 4.55. The van der Waals surface area contributed by atoms with Gasteiger partial charge in [0.2, 0.25) is 5.91 Å². The zero-order valence-electron chi connectivity index (χ0n) is 18.9. The Morgan fingerprint density at radius 3 is 2.39 bits per heavy atom. The van der Waals surface area contributed by atoms with Gasteiger partial charge < -0.3 is 15.0 Å². The highest BCUT2D eigenvalue weighted by atomic mass is 16.5. The summed E-state index contributed by atoms with van der Waals surface area (Å²) >= 11 is 0. The van der Waals surface area contributed by atoms with Crippen molar-refractivity contribution in [2.45, 2.75) is 71.5 Å². The van der Waals surface area contributed by atoms with E-state index in [1.807, 2.05) is 69.3 Å². The highest BCUT2D eigenvalue weighted by Crippen LogP contribution is 2.20. The van der Waals surface area contributed by atoms with Crippen molar-refractivity contribution >= 4 is 11.8 Å². The number of para-hydroxylation sites is 1. The molecule has 1 aliphatic rings. The van der Waals surface area contributed by atoms with Crippen molar-refractivity contribution in [2.75, 3.05) is 6.61 Å². The SMILES string of the molecule is CC[C@H](C(=O)NC1CCCC1)N(Cc1ccc(C)cc1)C(=O)COc1ccccc1C. The molecule has 0 heterocycles. The zero-order valence-corrected chi connectivity index (χ0v) is 18.9. The second kappa shape index (κ2) is 11.0. The molecule has 2 aromatic carbocycles. The predicted molar refractivity (Wildman–Crippen MR) is 123 cm³/mol. The number of benzene rings is 2. The molecule has 0 aliphatic heterocycles. The van der Waals surface area contributed by atoms with Crippen LogP contribution in [0.4, 0.5) is 0 Å². The molecule has 0 radical (unpaired) electrons. The van der Waals surface area contributed by atoms with Crippen LogP contribution in [0.15, 0.2) is 48.5 Å². The molecule has 0 aromatic heterocycles. The minimum atomic E-state index is -0.519. The monoisotopic (exact) mass is 422 g/mol. The summed E-state index contributed by atoms with van der Waals surface area (Å²) in [5.41, 5.74) is 3.14. The molecule has 0 bridgehead atoms. The number of carbonyl (C=O) groups is 2. The topological polar surface area (TPSA) is 58.6 Å². The number of hydrogen-bond donors (Lipinski definition) is 1. The first-order chi connectivity index (χ1) is 15.0. The fourth-order valence-electron chi connectivity index (χ4n) is 4.12. The maximum absolute atomic E-state index is 13.3. The third kappa shape index (κ3) is 6.33. The Balaban J connectivity index is 1.76. The molecule has 2 amide bonds. The Labute approximate surface area is 185 Å². The van der Waals surface area contributed by atoms with Gasteiger partial charge >= 0.3 is 0 Å². The van der Waals surface area contributed by atoms with Gasteiger partial charge in [-0.1, -0.05) is 67.8 Å². The first-order valence-electron chi connectivity index (χ1n) is 11.3. The van der Waals surface area contributed by atoms with Crippen LogP contribution in [0.2, 0.25) is 0 Å². The van der Waals surface area contributed by atoms with Gasteiger partial charge in [-0.3, -0.25) is 9.59 Å². The normalized spacial score (nSPS) is 14.8. The van der Waals surface area contributed by atoms with E-state index in [2.05, 4.69) is 5.32 Å². The van der Waals surface area contributed by atoms with Gasteiger partial charge in [0.1, 0.15) is 11.8 Å². The van der Waals surface area contributed by atoms with Crippen molar-refractivity contribution in [3.05, 3.63) is 65.2 Å². The molecule has 0 unspecified atom stereocenters. The Morgan fingerprint density at radius 1 is 1.06 bits per heavy atom. The zero-order chi connectivity index (χ0) is 22.2. The minimum absolute atomic E-state index is 0.0641. The lowest BCUT2D eigenvalue weighted by Gasteiger charge is -2.31. The highest BCUT2D eigenvalue weighted by molar-refractivity contribution is 5.88. The quantitative estimate of drug-likeness (QED) is 0.645. The van der Waals surface area contributed by atoms with E-state index in [-0.39, 0.29) is 24.5 Å². The van der Waals surface area contributed by atoms with E-state index in [0.29, 0.717) is 18.7 Å². The summed E-state index contributed by atoms with van der Waals surface area (Å²) < 4.78 is 5.82. The number of nitrogens with one attached hydrogen (secondary N) is 1. The van der Waals surface area contributed by atoms with Gasteiger partial charge in [0.15, 0.2) is 6.61 Å². The first-order valence-corrected chi connectivity index (χ1v) is 11.3. The lowest BCUT2D eigenvalue weighted by molar-refractivity contribution is -0.143. The number of aryl methyl sites for hydroxylation is 2. The van der Waals surface area contributed by atoms with Crippen molar-refractivity contribution in [2.24, 2.45) is 0 Å². The first kappa shape index (κ1) is 22.9. The van der Waals surface area contributed by atoms with Crippen LogP contribution in [0.25, 0.3) is 0 Å². The molecule has 3 rings (SSSR count). The molecule has 166 valence electrons. The van der Waals surface area contributed by atoms with E-state index in [4.69, 9.17) is 4.74 Å². The molecule has 1 N–H and O–H groups in total. The molecule has 5 heteroatoms. The van der Waals surface area contributed by atoms with Gasteiger partial charge in [-0.25, -0.2) is 0 Å². The maximum Gasteiger partial charge on any atom is 0.261 e. The van der Waals surface area contributed by atoms with Crippen molar-refractivity contribution < 1.29 is 14.3 Å². The van der Waals surface area contributed by atoms with E-state index in [0.717, 1.165) is 42.4 Å². The summed E-state index contributed by atoms with van der Waals surface area (Å²) in [6.07, 6.45) is 4.89. The summed E-state index contributed by atoms with van der Waals surface area (Å²) in [5, 5.41) is 3.17. The number of amides is 2. The van der Waals surface area contributed by atoms with Gasteiger partial charge in [-0.05, 0) is 50.3 Å². The second-order valence-corrected chi connectivity index (χ2v) is 8.48. The third-order valence-corrected chi connectivity index (χ3v) is 6.01. The van der Waals surface area contributed by atoms with Crippen molar-refractivity contribution in [3.8, 4) is 5.75 Å². The number of ether oxygens (including phenoxy) is 1.